The zero-order chi connectivity index (χ0) is 10.4. The molecule has 2 heteroatoms. The van der Waals surface area contributed by atoms with Gasteiger partial charge in [0.25, 0.3) is 0 Å². The highest BCUT2D eigenvalue weighted by Gasteiger charge is 2.32. The molecule has 1 aliphatic rings. The molecule has 0 radical (unpaired) electrons. The van der Waals surface area contributed by atoms with Gasteiger partial charge in [-0.05, 0) is 32.9 Å². The standard InChI is InChI=1S/C12H22N2/c1-4-7-12(8-6-9-13-12)11-14(3)10-5-2/h2,13H,4,6-11H2,1,3H3. The monoisotopic (exact) mass is 194 g/mol. The molecule has 1 rings (SSSR count). The van der Waals surface area contributed by atoms with E-state index in [2.05, 4.69) is 30.1 Å². The maximum absolute atomic E-state index is 5.31. The molecule has 80 valence electrons. The van der Waals surface area contributed by atoms with Crippen LogP contribution < -0.4 is 5.32 Å². The second-order valence-electron chi connectivity index (χ2n) is 4.44. The van der Waals surface area contributed by atoms with Crippen LogP contribution in [0, 0.1) is 12.3 Å². The third kappa shape index (κ3) is 3.01. The molecule has 1 saturated heterocycles. The van der Waals surface area contributed by atoms with Gasteiger partial charge in [-0.15, -0.1) is 6.42 Å². The van der Waals surface area contributed by atoms with Crippen LogP contribution in [0.15, 0.2) is 0 Å². The summed E-state index contributed by atoms with van der Waals surface area (Å²) in [6, 6.07) is 0. The van der Waals surface area contributed by atoms with E-state index in [1.165, 1.54) is 32.2 Å². The molecule has 0 aromatic carbocycles. The summed E-state index contributed by atoms with van der Waals surface area (Å²) < 4.78 is 0. The van der Waals surface area contributed by atoms with Crippen molar-refractivity contribution in [2.75, 3.05) is 26.7 Å². The van der Waals surface area contributed by atoms with E-state index in [4.69, 9.17) is 6.42 Å². The van der Waals surface area contributed by atoms with Gasteiger partial charge < -0.3 is 5.32 Å². The van der Waals surface area contributed by atoms with Crippen molar-refractivity contribution in [3.8, 4) is 12.3 Å². The van der Waals surface area contributed by atoms with Crippen LogP contribution in [0.4, 0.5) is 0 Å². The molecule has 14 heavy (non-hydrogen) atoms. The molecular formula is C12H22N2. The predicted molar refractivity (Wildman–Crippen MR) is 61.2 cm³/mol. The minimum atomic E-state index is 0.348. The Labute approximate surface area is 88.1 Å². The zero-order valence-electron chi connectivity index (χ0n) is 9.47. The van der Waals surface area contributed by atoms with Gasteiger partial charge in [0.15, 0.2) is 0 Å². The van der Waals surface area contributed by atoms with E-state index in [9.17, 15) is 0 Å². The van der Waals surface area contributed by atoms with Crippen LogP contribution >= 0.6 is 0 Å². The van der Waals surface area contributed by atoms with Crippen molar-refractivity contribution in [1.29, 1.82) is 0 Å². The summed E-state index contributed by atoms with van der Waals surface area (Å²) in [4.78, 5) is 2.24. The van der Waals surface area contributed by atoms with E-state index in [-0.39, 0.29) is 0 Å². The van der Waals surface area contributed by atoms with Crippen LogP contribution in [0.1, 0.15) is 32.6 Å². The second-order valence-corrected chi connectivity index (χ2v) is 4.44. The van der Waals surface area contributed by atoms with Gasteiger partial charge in [0.1, 0.15) is 0 Å². The topological polar surface area (TPSA) is 15.3 Å². The van der Waals surface area contributed by atoms with Gasteiger partial charge in [-0.1, -0.05) is 19.3 Å². The largest absolute Gasteiger partial charge is 0.310 e. The molecule has 1 unspecified atom stereocenters. The Morgan fingerprint density at radius 3 is 2.86 bits per heavy atom. The van der Waals surface area contributed by atoms with Crippen LogP contribution in [-0.4, -0.2) is 37.1 Å². The highest BCUT2D eigenvalue weighted by molar-refractivity contribution is 4.97. The molecule has 0 bridgehead atoms. The van der Waals surface area contributed by atoms with E-state index in [0.29, 0.717) is 5.54 Å². The molecule has 0 aromatic rings. The van der Waals surface area contributed by atoms with Crippen molar-refractivity contribution in [1.82, 2.24) is 10.2 Å². The Bertz CT molecular complexity index is 199. The van der Waals surface area contributed by atoms with Gasteiger partial charge in [0.05, 0.1) is 6.54 Å². The summed E-state index contributed by atoms with van der Waals surface area (Å²) >= 11 is 0. The van der Waals surface area contributed by atoms with Gasteiger partial charge >= 0.3 is 0 Å². The third-order valence-corrected chi connectivity index (χ3v) is 2.99. The molecule has 0 saturated carbocycles. The molecule has 0 spiro atoms. The van der Waals surface area contributed by atoms with Gasteiger partial charge in [-0.3, -0.25) is 4.90 Å². The molecular weight excluding hydrogens is 172 g/mol. The summed E-state index contributed by atoms with van der Waals surface area (Å²) in [6.45, 7) is 5.27. The highest BCUT2D eigenvalue weighted by atomic mass is 15.2. The Hall–Kier alpha value is -0.520. The van der Waals surface area contributed by atoms with E-state index in [0.717, 1.165) is 13.1 Å². The minimum absolute atomic E-state index is 0.348. The van der Waals surface area contributed by atoms with Crippen LogP contribution in [-0.2, 0) is 0 Å². The Morgan fingerprint density at radius 2 is 2.36 bits per heavy atom. The smallest absolute Gasteiger partial charge is 0.0597 e. The lowest BCUT2D eigenvalue weighted by Crippen LogP contribution is -2.48. The number of hydrogen-bond donors (Lipinski definition) is 1. The van der Waals surface area contributed by atoms with E-state index >= 15 is 0 Å². The molecule has 1 atom stereocenters. The summed E-state index contributed by atoms with van der Waals surface area (Å²) in [5.41, 5.74) is 0.348. The normalized spacial score (nSPS) is 26.7. The Kier molecular flexibility index (Phi) is 4.44. The van der Waals surface area contributed by atoms with E-state index in [1.807, 2.05) is 0 Å². The third-order valence-electron chi connectivity index (χ3n) is 2.99. The summed E-state index contributed by atoms with van der Waals surface area (Å²) in [6.07, 6.45) is 10.4. The molecule has 2 nitrogen and oxygen atoms in total. The zero-order valence-corrected chi connectivity index (χ0v) is 9.47. The maximum Gasteiger partial charge on any atom is 0.0597 e. The average Bonchev–Trinajstić information content (AvgIpc) is 2.54. The van der Waals surface area contributed by atoms with Crippen LogP contribution in [0.2, 0.25) is 0 Å². The highest BCUT2D eigenvalue weighted by Crippen LogP contribution is 2.25. The fourth-order valence-corrected chi connectivity index (χ4v) is 2.50. The predicted octanol–water partition coefficient (Wildman–Crippen LogP) is 1.47. The fraction of sp³-hybridized carbons (Fsp3) is 0.833. The summed E-state index contributed by atoms with van der Waals surface area (Å²) in [7, 11) is 2.11. The van der Waals surface area contributed by atoms with Crippen molar-refractivity contribution >= 4 is 0 Å². The van der Waals surface area contributed by atoms with E-state index in [1.54, 1.807) is 0 Å². The van der Waals surface area contributed by atoms with E-state index < -0.39 is 0 Å². The van der Waals surface area contributed by atoms with Crippen molar-refractivity contribution in [3.05, 3.63) is 0 Å². The van der Waals surface area contributed by atoms with Gasteiger partial charge in [-0.2, -0.15) is 0 Å². The average molecular weight is 194 g/mol. The maximum atomic E-state index is 5.31. The molecule has 0 amide bonds. The lowest BCUT2D eigenvalue weighted by molar-refractivity contribution is 0.229. The minimum Gasteiger partial charge on any atom is -0.310 e. The fourth-order valence-electron chi connectivity index (χ4n) is 2.50. The van der Waals surface area contributed by atoms with Gasteiger partial charge in [0, 0.05) is 12.1 Å². The summed E-state index contributed by atoms with van der Waals surface area (Å²) in [5, 5.41) is 3.65. The number of rotatable bonds is 5. The number of nitrogens with zero attached hydrogens (tertiary/aromatic N) is 1. The quantitative estimate of drug-likeness (QED) is 0.667. The van der Waals surface area contributed by atoms with Crippen LogP contribution in [0.5, 0.6) is 0 Å². The number of hydrogen-bond acceptors (Lipinski definition) is 2. The molecule has 1 aliphatic heterocycles. The first-order chi connectivity index (χ1) is 6.72. The second kappa shape index (κ2) is 5.38. The lowest BCUT2D eigenvalue weighted by atomic mass is 9.91. The van der Waals surface area contributed by atoms with Crippen molar-refractivity contribution in [2.45, 2.75) is 38.1 Å². The van der Waals surface area contributed by atoms with Gasteiger partial charge in [-0.25, -0.2) is 0 Å². The molecule has 0 aromatic heterocycles. The summed E-state index contributed by atoms with van der Waals surface area (Å²) in [5.74, 6) is 2.70. The van der Waals surface area contributed by atoms with Crippen molar-refractivity contribution < 1.29 is 0 Å². The molecule has 1 fully saturated rings. The lowest BCUT2D eigenvalue weighted by Gasteiger charge is -2.33. The van der Waals surface area contributed by atoms with Crippen LogP contribution in [0.3, 0.4) is 0 Å². The van der Waals surface area contributed by atoms with Crippen molar-refractivity contribution in [2.24, 2.45) is 0 Å². The van der Waals surface area contributed by atoms with Gasteiger partial charge in [0.2, 0.25) is 0 Å². The Morgan fingerprint density at radius 1 is 1.57 bits per heavy atom. The molecule has 0 aliphatic carbocycles. The van der Waals surface area contributed by atoms with Crippen LogP contribution in [0.25, 0.3) is 0 Å². The SMILES string of the molecule is C#CCN(C)CC1(CCC)CCCN1. The first-order valence-electron chi connectivity index (χ1n) is 5.59. The molecule has 1 heterocycles. The Balaban J connectivity index is 2.47. The number of nitrogens with one attached hydrogen (secondary N) is 1. The number of terminal acetylenes is 1. The first kappa shape index (κ1) is 11.6. The first-order valence-corrected chi connectivity index (χ1v) is 5.59. The van der Waals surface area contributed by atoms with Crippen molar-refractivity contribution in [3.63, 3.8) is 0 Å². The number of likely N-dealkylation sites (N-methyl/N-ethyl adjacent to an activating group) is 1. The molecule has 1 N–H and O–H groups in total.